The van der Waals surface area contributed by atoms with Crippen molar-refractivity contribution in [1.29, 1.82) is 0 Å². The molecule has 54 heavy (non-hydrogen) atoms. The van der Waals surface area contributed by atoms with Gasteiger partial charge in [0.1, 0.15) is 47.1 Å². The van der Waals surface area contributed by atoms with Crippen LogP contribution in [0.2, 0.25) is 0 Å². The average molecular weight is 803 g/mol. The van der Waals surface area contributed by atoms with E-state index in [2.05, 4.69) is 0 Å². The summed E-state index contributed by atoms with van der Waals surface area (Å²) in [5, 5.41) is 0. The minimum atomic E-state index is -4.32. The molecule has 3 heterocycles. The number of hydrogen-bond acceptors (Lipinski definition) is 15. The van der Waals surface area contributed by atoms with Gasteiger partial charge in [-0.15, -0.1) is 0 Å². The summed E-state index contributed by atoms with van der Waals surface area (Å²) < 4.78 is 107. The Morgan fingerprint density at radius 3 is 1.30 bits per heavy atom. The highest BCUT2D eigenvalue weighted by Crippen LogP contribution is 2.54. The predicted octanol–water partition coefficient (Wildman–Crippen LogP) is 8.37. The molecule has 0 spiro atoms. The third kappa shape index (κ3) is 12.0. The molecule has 6 atom stereocenters. The van der Waals surface area contributed by atoms with Gasteiger partial charge in [0.05, 0.1) is 39.6 Å². The Balaban J connectivity index is 1.15. The van der Waals surface area contributed by atoms with Gasteiger partial charge in [-0.1, -0.05) is 60.7 Å². The summed E-state index contributed by atoms with van der Waals surface area (Å²) >= 11 is 0. The second kappa shape index (κ2) is 17.2. The molecule has 3 fully saturated rings. The van der Waals surface area contributed by atoms with E-state index in [0.717, 1.165) is 0 Å². The van der Waals surface area contributed by atoms with E-state index in [4.69, 9.17) is 54.9 Å². The zero-order valence-electron chi connectivity index (χ0n) is 28.9. The summed E-state index contributed by atoms with van der Waals surface area (Å²) in [5.41, 5.74) is 1.18. The van der Waals surface area contributed by atoms with E-state index in [1.807, 2.05) is 0 Å². The van der Waals surface area contributed by atoms with Crippen LogP contribution in [0.4, 0.5) is 0 Å². The first-order chi connectivity index (χ1) is 26.1. The van der Waals surface area contributed by atoms with Crippen LogP contribution in [-0.2, 0) is 46.0 Å². The lowest BCUT2D eigenvalue weighted by Crippen LogP contribution is -2.10. The minimum Gasteiger partial charge on any atom is -0.404 e. The van der Waals surface area contributed by atoms with Gasteiger partial charge in [0, 0.05) is 13.2 Å². The molecule has 0 amide bonds. The Morgan fingerprint density at radius 2 is 0.870 bits per heavy atom. The highest BCUT2D eigenvalue weighted by atomic mass is 31.2. The molecule has 0 bridgehead atoms. The highest BCUT2D eigenvalue weighted by Gasteiger charge is 2.38. The van der Waals surface area contributed by atoms with Gasteiger partial charge >= 0.3 is 23.5 Å². The first kappa shape index (κ1) is 38.3. The number of epoxide rings is 3. The molecule has 7 rings (SSSR count). The van der Waals surface area contributed by atoms with Crippen molar-refractivity contribution in [2.45, 2.75) is 18.3 Å². The van der Waals surface area contributed by atoms with Gasteiger partial charge in [0.25, 0.3) is 0 Å². The van der Waals surface area contributed by atoms with Crippen molar-refractivity contribution in [3.05, 3.63) is 114 Å². The lowest BCUT2D eigenvalue weighted by Gasteiger charge is -2.21. The second-order valence-electron chi connectivity index (χ2n) is 12.0. The molecular formula is C36H37O15P3. The van der Waals surface area contributed by atoms with E-state index < -0.39 is 23.5 Å². The van der Waals surface area contributed by atoms with Crippen LogP contribution in [-0.4, -0.2) is 65.1 Å². The third-order valence-electron chi connectivity index (χ3n) is 7.51. The first-order valence-electron chi connectivity index (χ1n) is 16.8. The Morgan fingerprint density at radius 1 is 0.500 bits per heavy atom. The molecule has 0 saturated carbocycles. The number of benzene rings is 4. The molecule has 3 aliphatic rings. The SMILES string of the molecule is COP(=O)(OCC1CO1)Oc1ccc(/C=C/c2cc(OP(=O)(OCC3CO3)Oc3ccccc3)cc(OP(=O)(OCC3CO3)Oc3ccccc3)c2)cc1. The maximum absolute atomic E-state index is 14.1. The fraction of sp³-hybridized carbons (Fsp3) is 0.278. The number of ether oxygens (including phenoxy) is 3. The van der Waals surface area contributed by atoms with Crippen LogP contribution >= 0.6 is 23.5 Å². The third-order valence-corrected chi connectivity index (χ3v) is 11.5. The highest BCUT2D eigenvalue weighted by molar-refractivity contribution is 7.49. The number of hydrogen-bond donors (Lipinski definition) is 0. The van der Waals surface area contributed by atoms with E-state index in [1.54, 1.807) is 109 Å². The number of phosphoric ester groups is 3. The van der Waals surface area contributed by atoms with Gasteiger partial charge in [-0.25, -0.2) is 13.7 Å². The van der Waals surface area contributed by atoms with Crippen molar-refractivity contribution in [2.24, 2.45) is 0 Å². The largest absolute Gasteiger partial charge is 0.587 e. The number of para-hydroxylation sites is 2. The molecule has 6 unspecified atom stereocenters. The zero-order valence-corrected chi connectivity index (χ0v) is 31.6. The lowest BCUT2D eigenvalue weighted by atomic mass is 10.1. The van der Waals surface area contributed by atoms with E-state index in [-0.39, 0.29) is 66.9 Å². The summed E-state index contributed by atoms with van der Waals surface area (Å²) in [4.78, 5) is 0. The molecule has 0 aromatic heterocycles. The predicted molar refractivity (Wildman–Crippen MR) is 195 cm³/mol. The summed E-state index contributed by atoms with van der Waals surface area (Å²) in [6.07, 6.45) is 2.85. The lowest BCUT2D eigenvalue weighted by molar-refractivity contribution is 0.166. The van der Waals surface area contributed by atoms with Crippen molar-refractivity contribution in [2.75, 3.05) is 46.8 Å². The quantitative estimate of drug-likeness (QED) is 0.0421. The van der Waals surface area contributed by atoms with Crippen molar-refractivity contribution >= 4 is 35.6 Å². The van der Waals surface area contributed by atoms with Crippen molar-refractivity contribution in [1.82, 2.24) is 0 Å². The molecule has 0 N–H and O–H groups in total. The molecule has 286 valence electrons. The van der Waals surface area contributed by atoms with Gasteiger partial charge in [0.15, 0.2) is 0 Å². The van der Waals surface area contributed by atoms with Crippen molar-refractivity contribution < 1.29 is 68.6 Å². The molecule has 0 aliphatic carbocycles. The van der Waals surface area contributed by atoms with E-state index in [1.165, 1.54) is 13.2 Å². The smallest absolute Gasteiger partial charge is 0.404 e. The normalized spacial score (nSPS) is 21.9. The zero-order chi connectivity index (χ0) is 37.4. The summed E-state index contributed by atoms with van der Waals surface area (Å²) in [5.74, 6) is 0.751. The van der Waals surface area contributed by atoms with Crippen LogP contribution in [0, 0.1) is 0 Å². The van der Waals surface area contributed by atoms with E-state index in [0.29, 0.717) is 30.9 Å². The maximum atomic E-state index is 14.1. The average Bonchev–Trinajstić information content (AvgIpc) is 4.00. The topological polar surface area (TPSA) is 172 Å². The van der Waals surface area contributed by atoms with Crippen LogP contribution in [0.15, 0.2) is 103 Å². The molecule has 4 aromatic rings. The van der Waals surface area contributed by atoms with Crippen LogP contribution in [0.5, 0.6) is 28.7 Å². The van der Waals surface area contributed by atoms with E-state index in [9.17, 15) is 13.7 Å². The molecule has 18 heteroatoms. The van der Waals surface area contributed by atoms with Gasteiger partial charge < -0.3 is 36.8 Å². The van der Waals surface area contributed by atoms with Crippen molar-refractivity contribution in [3.63, 3.8) is 0 Å². The fourth-order valence-electron chi connectivity index (χ4n) is 4.51. The van der Waals surface area contributed by atoms with E-state index >= 15 is 0 Å². The molecule has 3 saturated heterocycles. The molecule has 4 aromatic carbocycles. The van der Waals surface area contributed by atoms with Gasteiger partial charge in [-0.2, -0.15) is 0 Å². The number of rotatable bonds is 22. The van der Waals surface area contributed by atoms with Gasteiger partial charge in [0.2, 0.25) is 0 Å². The maximum Gasteiger partial charge on any atom is 0.587 e. The number of phosphoric acid groups is 3. The van der Waals surface area contributed by atoms with Crippen LogP contribution in [0.3, 0.4) is 0 Å². The molecular weight excluding hydrogens is 765 g/mol. The Labute approximate surface area is 311 Å². The van der Waals surface area contributed by atoms with Crippen LogP contribution < -0.4 is 22.6 Å². The molecule has 0 radical (unpaired) electrons. The molecule has 15 nitrogen and oxygen atoms in total. The fourth-order valence-corrected chi connectivity index (χ4v) is 7.94. The summed E-state index contributed by atoms with van der Waals surface area (Å²) in [6.45, 7) is 1.45. The van der Waals surface area contributed by atoms with Gasteiger partial charge in [-0.3, -0.25) is 18.1 Å². The van der Waals surface area contributed by atoms with Crippen molar-refractivity contribution in [3.8, 4) is 28.7 Å². The second-order valence-corrected chi connectivity index (χ2v) is 16.7. The summed E-state index contributed by atoms with van der Waals surface area (Å²) in [6, 6.07) is 28.0. The van der Waals surface area contributed by atoms with Crippen LogP contribution in [0.25, 0.3) is 12.2 Å². The standard InChI is InChI=1S/C36H37O15P3/c1-40-52(37,44-24-34-21-41-34)47-31-16-14-27(15-17-31)12-13-28-18-32(50-53(38,45-25-35-22-42-35)48-29-8-4-2-5-9-29)20-33(19-28)51-54(39,46-26-36-23-43-36)49-30-10-6-3-7-11-30/h2-20,34-36H,21-26H2,1H3/b13-12+. The Hall–Kier alpha value is -3.97. The summed E-state index contributed by atoms with van der Waals surface area (Å²) in [7, 11) is -11.3. The Kier molecular flexibility index (Phi) is 12.2. The Bertz CT molecular complexity index is 1920. The first-order valence-corrected chi connectivity index (χ1v) is 21.2. The molecule has 3 aliphatic heterocycles. The monoisotopic (exact) mass is 802 g/mol. The van der Waals surface area contributed by atoms with Gasteiger partial charge in [-0.05, 0) is 59.7 Å². The van der Waals surface area contributed by atoms with Crippen LogP contribution in [0.1, 0.15) is 11.1 Å². The minimum absolute atomic E-state index is 0.00409.